The van der Waals surface area contributed by atoms with E-state index in [1.807, 2.05) is 30.0 Å². The van der Waals surface area contributed by atoms with E-state index in [9.17, 15) is 0 Å². The van der Waals surface area contributed by atoms with Crippen molar-refractivity contribution in [1.82, 2.24) is 19.1 Å². The van der Waals surface area contributed by atoms with Gasteiger partial charge >= 0.3 is 0 Å². The molecule has 0 saturated heterocycles. The molecule has 1 aliphatic heterocycles. The van der Waals surface area contributed by atoms with Gasteiger partial charge in [-0.2, -0.15) is 0 Å². The van der Waals surface area contributed by atoms with E-state index in [2.05, 4.69) is 137 Å². The molecule has 9 aromatic rings. The minimum absolute atomic E-state index is 0.823. The van der Waals surface area contributed by atoms with Gasteiger partial charge in [-0.3, -0.25) is 9.13 Å². The number of fused-ring (bicyclic) bond motifs is 8. The average molecular weight is 593 g/mol. The number of aromatic nitrogens is 4. The summed E-state index contributed by atoms with van der Waals surface area (Å²) in [5.74, 6) is 0.823. The Morgan fingerprint density at radius 2 is 1.11 bits per heavy atom. The third-order valence-electron chi connectivity index (χ3n) is 8.91. The van der Waals surface area contributed by atoms with E-state index in [1.165, 1.54) is 48.3 Å². The summed E-state index contributed by atoms with van der Waals surface area (Å²) in [6, 6.07) is 51.5. The van der Waals surface area contributed by atoms with Crippen molar-refractivity contribution >= 4 is 55.6 Å². The maximum absolute atomic E-state index is 5.40. The van der Waals surface area contributed by atoms with Gasteiger partial charge in [-0.25, -0.2) is 9.97 Å². The molecule has 0 amide bonds. The normalized spacial score (nSPS) is 12.4. The second-order valence-corrected chi connectivity index (χ2v) is 12.5. The molecule has 0 unspecified atom stereocenters. The van der Waals surface area contributed by atoms with Gasteiger partial charge in [-0.05, 0) is 47.5 Å². The molecule has 0 saturated carbocycles. The average Bonchev–Trinajstić information content (AvgIpc) is 3.62. The molecule has 3 aromatic heterocycles. The lowest BCUT2D eigenvalue weighted by atomic mass is 10.0. The summed E-state index contributed by atoms with van der Waals surface area (Å²) in [6.45, 7) is 0. The molecule has 4 heterocycles. The van der Waals surface area contributed by atoms with Gasteiger partial charge in [0.25, 0.3) is 0 Å². The van der Waals surface area contributed by atoms with Gasteiger partial charge in [0.1, 0.15) is 11.3 Å². The van der Waals surface area contributed by atoms with Crippen LogP contribution in [0.4, 0.5) is 0 Å². The standard InChI is InChI=1S/C40H24N4S/c1-2-11-25(12-3-1)26-21-23-27(24-22-26)37-39(42-31-16-6-5-15-30(31)41-37)44-32-17-7-4-13-28(32)36-29-14-10-20-35-38(29)43(40(36)44)33-18-8-9-19-34(33)45-35/h1-24H. The van der Waals surface area contributed by atoms with Crippen molar-refractivity contribution < 1.29 is 0 Å². The third-order valence-corrected chi connectivity index (χ3v) is 10.0. The van der Waals surface area contributed by atoms with E-state index < -0.39 is 0 Å². The first-order valence-electron chi connectivity index (χ1n) is 15.1. The van der Waals surface area contributed by atoms with Crippen LogP contribution in [0.5, 0.6) is 0 Å². The predicted octanol–water partition coefficient (Wildman–Crippen LogP) is 10.5. The van der Waals surface area contributed by atoms with E-state index >= 15 is 0 Å². The van der Waals surface area contributed by atoms with Gasteiger partial charge in [-0.15, -0.1) is 0 Å². The Morgan fingerprint density at radius 1 is 0.467 bits per heavy atom. The fourth-order valence-corrected chi connectivity index (χ4v) is 8.03. The van der Waals surface area contributed by atoms with Crippen LogP contribution in [0.1, 0.15) is 0 Å². The van der Waals surface area contributed by atoms with Crippen LogP contribution >= 0.6 is 11.8 Å². The predicted molar refractivity (Wildman–Crippen MR) is 186 cm³/mol. The summed E-state index contributed by atoms with van der Waals surface area (Å²) in [5.41, 5.74) is 10.6. The van der Waals surface area contributed by atoms with Gasteiger partial charge < -0.3 is 0 Å². The minimum atomic E-state index is 0.823. The van der Waals surface area contributed by atoms with Gasteiger partial charge in [0.15, 0.2) is 5.82 Å². The van der Waals surface area contributed by atoms with Crippen molar-refractivity contribution in [2.75, 3.05) is 0 Å². The molecule has 4 nitrogen and oxygen atoms in total. The van der Waals surface area contributed by atoms with Crippen molar-refractivity contribution in [1.29, 1.82) is 0 Å². The highest BCUT2D eigenvalue weighted by atomic mass is 32.2. The smallest absolute Gasteiger partial charge is 0.166 e. The molecular weight excluding hydrogens is 569 g/mol. The maximum atomic E-state index is 5.40. The van der Waals surface area contributed by atoms with E-state index in [0.717, 1.165) is 39.3 Å². The molecule has 0 bridgehead atoms. The van der Waals surface area contributed by atoms with Crippen LogP contribution in [0.2, 0.25) is 0 Å². The second kappa shape index (κ2) is 9.42. The minimum Gasteiger partial charge on any atom is -0.293 e. The van der Waals surface area contributed by atoms with E-state index in [4.69, 9.17) is 9.97 Å². The van der Waals surface area contributed by atoms with Crippen LogP contribution in [-0.2, 0) is 0 Å². The summed E-state index contributed by atoms with van der Waals surface area (Å²) in [7, 11) is 0. The zero-order valence-electron chi connectivity index (χ0n) is 24.1. The Bertz CT molecular complexity index is 2610. The number of para-hydroxylation sites is 5. The molecule has 45 heavy (non-hydrogen) atoms. The lowest BCUT2D eigenvalue weighted by molar-refractivity contribution is 0.999. The van der Waals surface area contributed by atoms with E-state index in [1.54, 1.807) is 0 Å². The lowest BCUT2D eigenvalue weighted by Gasteiger charge is -2.21. The van der Waals surface area contributed by atoms with Crippen LogP contribution in [0.15, 0.2) is 155 Å². The van der Waals surface area contributed by atoms with Crippen molar-refractivity contribution in [3.8, 4) is 33.9 Å². The SMILES string of the molecule is c1ccc(-c2ccc(-c3nc4ccccc4nc3-n3c4ccccc4c4c5cccc6c5n(c43)-c3ccccc3S6)cc2)cc1. The monoisotopic (exact) mass is 592 g/mol. The van der Waals surface area contributed by atoms with Crippen LogP contribution in [0.25, 0.3) is 77.8 Å². The first-order valence-corrected chi connectivity index (χ1v) is 15.9. The quantitative estimate of drug-likeness (QED) is 0.205. The lowest BCUT2D eigenvalue weighted by Crippen LogP contribution is -2.08. The summed E-state index contributed by atoms with van der Waals surface area (Å²) < 4.78 is 4.80. The molecule has 6 aromatic carbocycles. The summed E-state index contributed by atoms with van der Waals surface area (Å²) >= 11 is 1.84. The van der Waals surface area contributed by atoms with Crippen LogP contribution < -0.4 is 0 Å². The summed E-state index contributed by atoms with van der Waals surface area (Å²) in [4.78, 5) is 13.2. The highest BCUT2D eigenvalue weighted by Crippen LogP contribution is 2.49. The molecule has 10 rings (SSSR count). The molecule has 0 fully saturated rings. The molecule has 0 spiro atoms. The molecule has 1 aliphatic rings. The number of nitrogens with zero attached hydrogens (tertiary/aromatic N) is 4. The highest BCUT2D eigenvalue weighted by molar-refractivity contribution is 7.99. The summed E-state index contributed by atoms with van der Waals surface area (Å²) in [5, 5.41) is 3.69. The number of hydrogen-bond acceptors (Lipinski definition) is 3. The topological polar surface area (TPSA) is 35.6 Å². The van der Waals surface area contributed by atoms with Gasteiger partial charge in [-0.1, -0.05) is 121 Å². The Hall–Kier alpha value is -5.65. The fourth-order valence-electron chi connectivity index (χ4n) is 6.93. The molecular formula is C40H24N4S. The zero-order chi connectivity index (χ0) is 29.5. The molecule has 0 radical (unpaired) electrons. The van der Waals surface area contributed by atoms with Crippen molar-refractivity contribution in [2.45, 2.75) is 9.79 Å². The molecule has 0 aliphatic carbocycles. The second-order valence-electron chi connectivity index (χ2n) is 11.4. The Kier molecular flexibility index (Phi) is 5.18. The largest absolute Gasteiger partial charge is 0.293 e. The number of hydrogen-bond donors (Lipinski definition) is 0. The van der Waals surface area contributed by atoms with Crippen molar-refractivity contribution in [3.05, 3.63) is 146 Å². The van der Waals surface area contributed by atoms with Crippen LogP contribution in [0.3, 0.4) is 0 Å². The van der Waals surface area contributed by atoms with Crippen LogP contribution in [0, 0.1) is 0 Å². The Balaban J connectivity index is 1.34. The Morgan fingerprint density at radius 3 is 1.98 bits per heavy atom. The summed E-state index contributed by atoms with van der Waals surface area (Å²) in [6.07, 6.45) is 0. The van der Waals surface area contributed by atoms with Gasteiger partial charge in [0, 0.05) is 31.5 Å². The first kappa shape index (κ1) is 24.8. The molecule has 210 valence electrons. The molecule has 5 heteroatoms. The maximum Gasteiger partial charge on any atom is 0.166 e. The van der Waals surface area contributed by atoms with Crippen molar-refractivity contribution in [2.24, 2.45) is 0 Å². The number of benzene rings is 6. The highest BCUT2D eigenvalue weighted by Gasteiger charge is 2.29. The van der Waals surface area contributed by atoms with E-state index in [0.29, 0.717) is 0 Å². The molecule has 0 N–H and O–H groups in total. The Labute approximate surface area is 263 Å². The zero-order valence-corrected chi connectivity index (χ0v) is 24.9. The first-order chi connectivity index (χ1) is 22.3. The van der Waals surface area contributed by atoms with Crippen molar-refractivity contribution in [3.63, 3.8) is 0 Å². The van der Waals surface area contributed by atoms with Crippen LogP contribution in [-0.4, -0.2) is 19.1 Å². The molecule has 0 atom stereocenters. The number of rotatable bonds is 3. The van der Waals surface area contributed by atoms with Gasteiger partial charge in [0.05, 0.1) is 27.8 Å². The van der Waals surface area contributed by atoms with E-state index in [-0.39, 0.29) is 0 Å². The fraction of sp³-hybridized carbons (Fsp3) is 0. The van der Waals surface area contributed by atoms with Gasteiger partial charge in [0.2, 0.25) is 0 Å². The third kappa shape index (κ3) is 3.56.